The first-order valence-corrected chi connectivity index (χ1v) is 2.66. The fraction of sp³-hybridized carbons (Fsp3) is 0.667. The van der Waals surface area contributed by atoms with Crippen LogP contribution in [0, 0.1) is 6.42 Å². The Bertz CT molecular complexity index is 120. The molecule has 1 rings (SSSR count). The van der Waals surface area contributed by atoms with Gasteiger partial charge in [-0.3, -0.25) is 11.2 Å². The molecule has 0 aromatic carbocycles. The largest absolute Gasteiger partial charge is 0.494 e. The Labute approximate surface area is 69.2 Å². The summed E-state index contributed by atoms with van der Waals surface area (Å²) in [4.78, 5) is 10.4. The summed E-state index contributed by atoms with van der Waals surface area (Å²) in [7, 11) is 0. The van der Waals surface area contributed by atoms with Crippen molar-refractivity contribution in [3.8, 4) is 0 Å². The van der Waals surface area contributed by atoms with Crippen molar-refractivity contribution in [2.75, 3.05) is 0 Å². The van der Waals surface area contributed by atoms with Gasteiger partial charge in [0, 0.05) is 21.1 Å². The third kappa shape index (κ3) is 2.49. The Balaban J connectivity index is 0.000000640. The molecule has 1 fully saturated rings. The fourth-order valence-electron chi connectivity index (χ4n) is 0.706. The third-order valence-corrected chi connectivity index (χ3v) is 1.14. The van der Waals surface area contributed by atoms with Crippen molar-refractivity contribution < 1.29 is 30.6 Å². The standard InChI is InChI=1S/C6H9O2.W/c1-6(2)4-3-5(7)8-6;/h4H,3H2,1-2H3;/q-1;. The van der Waals surface area contributed by atoms with E-state index in [0.29, 0.717) is 6.42 Å². The molecule has 1 aliphatic heterocycles. The van der Waals surface area contributed by atoms with Gasteiger partial charge in [-0.2, -0.15) is 0 Å². The number of carbonyl (C=O) groups excluding carboxylic acids is 1. The predicted octanol–water partition coefficient (Wildman–Crippen LogP) is 0.914. The van der Waals surface area contributed by atoms with E-state index in [1.54, 1.807) is 0 Å². The predicted molar refractivity (Wildman–Crippen MR) is 29.1 cm³/mol. The number of esters is 1. The molecule has 52 valence electrons. The minimum Gasteiger partial charge on any atom is -0.494 e. The summed E-state index contributed by atoms with van der Waals surface area (Å²) in [6.07, 6.45) is 2.34. The molecule has 0 bridgehead atoms. The fourth-order valence-corrected chi connectivity index (χ4v) is 0.706. The molecule has 1 heterocycles. The molecule has 0 aliphatic carbocycles. The Morgan fingerprint density at radius 2 is 2.22 bits per heavy atom. The maximum absolute atomic E-state index is 10.4. The summed E-state index contributed by atoms with van der Waals surface area (Å²) < 4.78 is 4.85. The smallest absolute Gasteiger partial charge is 0.273 e. The summed E-state index contributed by atoms with van der Waals surface area (Å²) >= 11 is 0. The summed E-state index contributed by atoms with van der Waals surface area (Å²) in [6, 6.07) is 0. The molecule has 2 nitrogen and oxygen atoms in total. The second-order valence-corrected chi connectivity index (χ2v) is 2.49. The Morgan fingerprint density at radius 3 is 2.33 bits per heavy atom. The van der Waals surface area contributed by atoms with Crippen molar-refractivity contribution in [3.63, 3.8) is 0 Å². The zero-order valence-electron chi connectivity index (χ0n) is 5.51. The van der Waals surface area contributed by atoms with Crippen molar-refractivity contribution >= 4 is 5.97 Å². The van der Waals surface area contributed by atoms with Gasteiger partial charge in [0.15, 0.2) is 0 Å². The SMILES string of the molecule is CC1(C)[CH-]CC(=O)O1.[W]. The van der Waals surface area contributed by atoms with Crippen LogP contribution in [0.15, 0.2) is 0 Å². The van der Waals surface area contributed by atoms with Gasteiger partial charge in [-0.1, -0.05) is 20.3 Å². The topological polar surface area (TPSA) is 26.3 Å². The first kappa shape index (κ1) is 9.16. The quantitative estimate of drug-likeness (QED) is 0.491. The number of rotatable bonds is 0. The van der Waals surface area contributed by atoms with E-state index in [9.17, 15) is 4.79 Å². The second-order valence-electron chi connectivity index (χ2n) is 2.49. The molecular weight excluding hydrogens is 288 g/mol. The van der Waals surface area contributed by atoms with Gasteiger partial charge in [0.1, 0.15) is 0 Å². The second kappa shape index (κ2) is 2.83. The average Bonchev–Trinajstić information content (AvgIpc) is 1.82. The maximum atomic E-state index is 10.4. The molecule has 0 aromatic rings. The van der Waals surface area contributed by atoms with E-state index in [4.69, 9.17) is 4.74 Å². The van der Waals surface area contributed by atoms with Gasteiger partial charge in [-0.15, -0.1) is 0 Å². The van der Waals surface area contributed by atoms with Crippen molar-refractivity contribution in [1.29, 1.82) is 0 Å². The molecule has 0 spiro atoms. The number of ether oxygens (including phenoxy) is 1. The summed E-state index contributed by atoms with van der Waals surface area (Å²) in [5, 5.41) is 0. The van der Waals surface area contributed by atoms with Gasteiger partial charge < -0.3 is 4.74 Å². The van der Waals surface area contributed by atoms with E-state index >= 15 is 0 Å². The number of hydrogen-bond donors (Lipinski definition) is 0. The van der Waals surface area contributed by atoms with Gasteiger partial charge in [0.05, 0.1) is 0 Å². The van der Waals surface area contributed by atoms with Gasteiger partial charge in [-0.05, 0) is 5.60 Å². The zero-order chi connectivity index (χ0) is 6.20. The minimum absolute atomic E-state index is 0. The van der Waals surface area contributed by atoms with Gasteiger partial charge in [-0.25, -0.2) is 0 Å². The molecule has 0 atom stereocenters. The van der Waals surface area contributed by atoms with Crippen LogP contribution in [0.1, 0.15) is 20.3 Å². The molecule has 0 amide bonds. The van der Waals surface area contributed by atoms with Gasteiger partial charge >= 0.3 is 0 Å². The molecule has 0 unspecified atom stereocenters. The first-order chi connectivity index (χ1) is 3.60. The van der Waals surface area contributed by atoms with E-state index in [0.717, 1.165) is 0 Å². The zero-order valence-corrected chi connectivity index (χ0v) is 8.44. The minimum atomic E-state index is -0.308. The Kier molecular flexibility index (Phi) is 2.88. The van der Waals surface area contributed by atoms with E-state index < -0.39 is 0 Å². The first-order valence-electron chi connectivity index (χ1n) is 2.66. The maximum Gasteiger partial charge on any atom is 0.273 e. The Morgan fingerprint density at radius 1 is 1.67 bits per heavy atom. The van der Waals surface area contributed by atoms with Crippen LogP contribution < -0.4 is 0 Å². The Hall–Kier alpha value is 0.158. The third-order valence-electron chi connectivity index (χ3n) is 1.14. The molecule has 0 radical (unpaired) electrons. The van der Waals surface area contributed by atoms with Crippen molar-refractivity contribution in [2.24, 2.45) is 0 Å². The van der Waals surface area contributed by atoms with Crippen LogP contribution in [0.4, 0.5) is 0 Å². The molecule has 0 aromatic heterocycles. The molecule has 1 aliphatic rings. The van der Waals surface area contributed by atoms with Crippen molar-refractivity contribution in [3.05, 3.63) is 6.42 Å². The molecule has 0 N–H and O–H groups in total. The van der Waals surface area contributed by atoms with Crippen LogP contribution in [0.25, 0.3) is 0 Å². The van der Waals surface area contributed by atoms with Crippen molar-refractivity contribution in [2.45, 2.75) is 25.9 Å². The summed E-state index contributed by atoms with van der Waals surface area (Å²) in [6.45, 7) is 3.75. The number of hydrogen-bond acceptors (Lipinski definition) is 2. The molecule has 3 heteroatoms. The number of carbonyl (C=O) groups is 1. The molecular formula is C6H9O2W-. The van der Waals surface area contributed by atoms with E-state index in [1.165, 1.54) is 0 Å². The van der Waals surface area contributed by atoms with Crippen LogP contribution in [-0.2, 0) is 30.6 Å². The average molecular weight is 297 g/mol. The molecule has 9 heavy (non-hydrogen) atoms. The molecule has 1 saturated heterocycles. The van der Waals surface area contributed by atoms with Crippen LogP contribution >= 0.6 is 0 Å². The van der Waals surface area contributed by atoms with Gasteiger partial charge in [0.2, 0.25) is 0 Å². The molecule has 0 saturated carbocycles. The van der Waals surface area contributed by atoms with E-state index in [-0.39, 0.29) is 32.6 Å². The van der Waals surface area contributed by atoms with Crippen LogP contribution in [-0.4, -0.2) is 11.6 Å². The van der Waals surface area contributed by atoms with Gasteiger partial charge in [0.25, 0.3) is 5.97 Å². The summed E-state index contributed by atoms with van der Waals surface area (Å²) in [5.41, 5.74) is -0.308. The number of cyclic esters (lactones) is 1. The normalized spacial score (nSPS) is 22.7. The van der Waals surface area contributed by atoms with E-state index in [1.807, 2.05) is 20.3 Å². The van der Waals surface area contributed by atoms with Crippen LogP contribution in [0.2, 0.25) is 0 Å². The van der Waals surface area contributed by atoms with E-state index in [2.05, 4.69) is 0 Å². The van der Waals surface area contributed by atoms with Crippen LogP contribution in [0.3, 0.4) is 0 Å². The summed E-state index contributed by atoms with van der Waals surface area (Å²) in [5.74, 6) is -0.116. The van der Waals surface area contributed by atoms with Crippen molar-refractivity contribution in [1.82, 2.24) is 0 Å². The van der Waals surface area contributed by atoms with Crippen LogP contribution in [0.5, 0.6) is 0 Å². The monoisotopic (exact) mass is 297 g/mol.